The second-order valence-electron chi connectivity index (χ2n) is 7.27. The van der Waals surface area contributed by atoms with Crippen molar-refractivity contribution in [2.45, 2.75) is 53.1 Å². The molecule has 0 aliphatic carbocycles. The summed E-state index contributed by atoms with van der Waals surface area (Å²) in [6, 6.07) is 9.68. The highest BCUT2D eigenvalue weighted by atomic mass is 32.1. The lowest BCUT2D eigenvalue weighted by Crippen LogP contribution is -2.24. The molecule has 0 saturated heterocycles. The van der Waals surface area contributed by atoms with Crippen molar-refractivity contribution in [3.05, 3.63) is 62.5 Å². The minimum atomic E-state index is -0.636. The number of aryl methyl sites for hydroxylation is 2. The third-order valence-corrected chi connectivity index (χ3v) is 6.46. The fourth-order valence-corrected chi connectivity index (χ4v) is 4.40. The molecule has 3 aromatic rings. The van der Waals surface area contributed by atoms with Crippen molar-refractivity contribution >= 4 is 27.5 Å². The van der Waals surface area contributed by atoms with Gasteiger partial charge in [0.25, 0.3) is 5.56 Å². The van der Waals surface area contributed by atoms with E-state index in [-0.39, 0.29) is 23.4 Å². The van der Waals surface area contributed by atoms with Crippen molar-refractivity contribution in [3.63, 3.8) is 0 Å². The zero-order chi connectivity index (χ0) is 20.4. The van der Waals surface area contributed by atoms with E-state index in [4.69, 9.17) is 4.74 Å². The molecule has 0 unspecified atom stereocenters. The molecule has 0 amide bonds. The second-order valence-corrected chi connectivity index (χ2v) is 8.47. The predicted octanol–water partition coefficient (Wildman–Crippen LogP) is 5.04. The van der Waals surface area contributed by atoms with Gasteiger partial charge in [0.1, 0.15) is 4.83 Å². The summed E-state index contributed by atoms with van der Waals surface area (Å²) in [6.45, 7) is 9.75. The van der Waals surface area contributed by atoms with Crippen molar-refractivity contribution in [1.82, 2.24) is 9.97 Å². The summed E-state index contributed by atoms with van der Waals surface area (Å²) in [5.41, 5.74) is 1.70. The van der Waals surface area contributed by atoms with E-state index >= 15 is 0 Å². The van der Waals surface area contributed by atoms with Gasteiger partial charge in [-0.3, -0.25) is 9.59 Å². The van der Waals surface area contributed by atoms with Crippen LogP contribution in [0.3, 0.4) is 0 Å². The molecule has 0 bridgehead atoms. The number of hydrogen-bond acceptors (Lipinski definition) is 5. The molecule has 5 nitrogen and oxygen atoms in total. The van der Waals surface area contributed by atoms with Gasteiger partial charge in [0, 0.05) is 4.88 Å². The van der Waals surface area contributed by atoms with Gasteiger partial charge in [-0.15, -0.1) is 11.3 Å². The van der Waals surface area contributed by atoms with Crippen molar-refractivity contribution in [1.29, 1.82) is 0 Å². The van der Waals surface area contributed by atoms with Crippen LogP contribution in [0, 0.1) is 19.8 Å². The third-order valence-electron chi connectivity index (χ3n) is 5.36. The highest BCUT2D eigenvalue weighted by molar-refractivity contribution is 7.18. The molecule has 0 saturated carbocycles. The van der Waals surface area contributed by atoms with Crippen LogP contribution in [-0.2, 0) is 9.53 Å². The minimum Gasteiger partial charge on any atom is -0.454 e. The molecule has 3 atom stereocenters. The largest absolute Gasteiger partial charge is 0.454 e. The van der Waals surface area contributed by atoms with Crippen LogP contribution in [0.5, 0.6) is 0 Å². The Kier molecular flexibility index (Phi) is 5.98. The van der Waals surface area contributed by atoms with E-state index in [1.54, 1.807) is 6.92 Å². The maximum Gasteiger partial charge on any atom is 0.314 e. The Hall–Kier alpha value is -2.47. The van der Waals surface area contributed by atoms with Crippen LogP contribution < -0.4 is 5.56 Å². The van der Waals surface area contributed by atoms with Crippen LogP contribution in [0.4, 0.5) is 0 Å². The number of carbonyl (C=O) groups excluding carboxylic acids is 1. The number of nitrogens with one attached hydrogen (secondary N) is 1. The number of benzene rings is 1. The molecule has 6 heteroatoms. The molecule has 2 aromatic heterocycles. The molecule has 1 aromatic carbocycles. The molecule has 148 valence electrons. The summed E-state index contributed by atoms with van der Waals surface area (Å²) in [4.78, 5) is 34.6. The summed E-state index contributed by atoms with van der Waals surface area (Å²) in [6.07, 6.45) is 0.222. The highest BCUT2D eigenvalue weighted by Crippen LogP contribution is 2.31. The SMILES string of the molecule is CC[C@H](C)[C@@H](C(=O)O[C@@H](C)c1nc2sc(C)c(C)c2c(=O)[nH]1)c1ccccc1. The Morgan fingerprint density at radius 2 is 1.89 bits per heavy atom. The van der Waals surface area contributed by atoms with Crippen LogP contribution in [0.2, 0.25) is 0 Å². The summed E-state index contributed by atoms with van der Waals surface area (Å²) in [5.74, 6) is -0.132. The molecule has 1 N–H and O–H groups in total. The number of fused-ring (bicyclic) bond motifs is 1. The first kappa shape index (κ1) is 20.3. The molecule has 0 spiro atoms. The van der Waals surface area contributed by atoms with E-state index in [9.17, 15) is 9.59 Å². The first-order valence-electron chi connectivity index (χ1n) is 9.58. The van der Waals surface area contributed by atoms with Gasteiger partial charge in [0.2, 0.25) is 0 Å². The quantitative estimate of drug-likeness (QED) is 0.591. The average molecular weight is 399 g/mol. The van der Waals surface area contributed by atoms with Crippen molar-refractivity contribution in [3.8, 4) is 0 Å². The second kappa shape index (κ2) is 8.27. The van der Waals surface area contributed by atoms with E-state index < -0.39 is 6.10 Å². The van der Waals surface area contributed by atoms with Crippen LogP contribution in [0.25, 0.3) is 10.2 Å². The zero-order valence-corrected chi connectivity index (χ0v) is 17.7. The normalized spacial score (nSPS) is 14.6. The molecular weight excluding hydrogens is 372 g/mol. The van der Waals surface area contributed by atoms with Crippen molar-refractivity contribution < 1.29 is 9.53 Å². The molecule has 3 rings (SSSR count). The number of rotatable bonds is 6. The molecule has 0 fully saturated rings. The Morgan fingerprint density at radius 3 is 2.54 bits per heavy atom. The lowest BCUT2D eigenvalue weighted by Gasteiger charge is -2.23. The summed E-state index contributed by atoms with van der Waals surface area (Å²) in [7, 11) is 0. The van der Waals surface area contributed by atoms with Gasteiger partial charge in [-0.2, -0.15) is 0 Å². The summed E-state index contributed by atoms with van der Waals surface area (Å²) >= 11 is 1.48. The maximum atomic E-state index is 13.0. The number of ether oxygens (including phenoxy) is 1. The van der Waals surface area contributed by atoms with Crippen LogP contribution in [-0.4, -0.2) is 15.9 Å². The molecule has 2 heterocycles. The number of aromatic nitrogens is 2. The third kappa shape index (κ3) is 3.87. The van der Waals surface area contributed by atoms with E-state index in [0.717, 1.165) is 22.4 Å². The fraction of sp³-hybridized carbons (Fsp3) is 0.409. The minimum absolute atomic E-state index is 0.138. The van der Waals surface area contributed by atoms with Crippen LogP contribution in [0.1, 0.15) is 61.0 Å². The first-order valence-corrected chi connectivity index (χ1v) is 10.4. The first-order chi connectivity index (χ1) is 13.3. The predicted molar refractivity (Wildman–Crippen MR) is 113 cm³/mol. The van der Waals surface area contributed by atoms with Crippen LogP contribution in [0.15, 0.2) is 35.1 Å². The van der Waals surface area contributed by atoms with Crippen molar-refractivity contribution in [2.75, 3.05) is 0 Å². The molecule has 0 aliphatic heterocycles. The van der Waals surface area contributed by atoms with Gasteiger partial charge in [-0.05, 0) is 37.8 Å². The summed E-state index contributed by atoms with van der Waals surface area (Å²) in [5, 5.41) is 0.617. The Bertz CT molecular complexity index is 1040. The van der Waals surface area contributed by atoms with Gasteiger partial charge in [0.05, 0.1) is 11.3 Å². The number of aromatic amines is 1. The van der Waals surface area contributed by atoms with E-state index in [1.807, 2.05) is 51.1 Å². The van der Waals surface area contributed by atoms with Gasteiger partial charge in [-0.1, -0.05) is 50.6 Å². The standard InChI is InChI=1S/C22H26N2O3S/c1-6-12(2)17(16-10-8-7-9-11-16)22(26)27-14(4)19-23-20(25)18-13(3)15(5)28-21(18)24-19/h7-12,14,17H,6H2,1-5H3,(H,23,24,25)/t12-,14-,17+/m0/s1. The average Bonchev–Trinajstić information content (AvgIpc) is 2.96. The Labute approximate surface area is 168 Å². The van der Waals surface area contributed by atoms with E-state index in [0.29, 0.717) is 16.0 Å². The number of thiophene rings is 1. The lowest BCUT2D eigenvalue weighted by molar-refractivity contribution is -0.152. The lowest BCUT2D eigenvalue weighted by atomic mass is 9.85. The highest BCUT2D eigenvalue weighted by Gasteiger charge is 2.29. The van der Waals surface area contributed by atoms with E-state index in [2.05, 4.69) is 16.9 Å². The van der Waals surface area contributed by atoms with E-state index in [1.165, 1.54) is 11.3 Å². The van der Waals surface area contributed by atoms with Gasteiger partial charge < -0.3 is 9.72 Å². The number of H-pyrrole nitrogens is 1. The molecule has 0 radical (unpaired) electrons. The number of nitrogens with zero attached hydrogens (tertiary/aromatic N) is 1. The molecule has 28 heavy (non-hydrogen) atoms. The zero-order valence-electron chi connectivity index (χ0n) is 16.9. The topological polar surface area (TPSA) is 72.0 Å². The smallest absolute Gasteiger partial charge is 0.314 e. The fourth-order valence-electron chi connectivity index (χ4n) is 3.36. The number of carbonyl (C=O) groups is 1. The Balaban J connectivity index is 1.88. The van der Waals surface area contributed by atoms with Gasteiger partial charge in [0.15, 0.2) is 11.9 Å². The van der Waals surface area contributed by atoms with Crippen molar-refractivity contribution in [2.24, 2.45) is 5.92 Å². The van der Waals surface area contributed by atoms with Crippen LogP contribution >= 0.6 is 11.3 Å². The number of hydrogen-bond donors (Lipinski definition) is 1. The monoisotopic (exact) mass is 398 g/mol. The number of esters is 1. The molecule has 0 aliphatic rings. The van der Waals surface area contributed by atoms with Gasteiger partial charge >= 0.3 is 5.97 Å². The Morgan fingerprint density at radius 1 is 1.21 bits per heavy atom. The molecular formula is C22H26N2O3S. The summed E-state index contributed by atoms with van der Waals surface area (Å²) < 4.78 is 5.75. The maximum absolute atomic E-state index is 13.0. The van der Waals surface area contributed by atoms with Gasteiger partial charge in [-0.25, -0.2) is 4.98 Å².